The normalized spacial score (nSPS) is 18.8. The van der Waals surface area contributed by atoms with Gasteiger partial charge in [-0.1, -0.05) is 6.07 Å². The summed E-state index contributed by atoms with van der Waals surface area (Å²) in [5.41, 5.74) is 3.30. The van der Waals surface area contributed by atoms with Crippen LogP contribution in [0.3, 0.4) is 0 Å². The molecule has 1 aliphatic heterocycles. The largest absolute Gasteiger partial charge is 0.507 e. The van der Waals surface area contributed by atoms with Crippen LogP contribution in [0.4, 0.5) is 0 Å². The van der Waals surface area contributed by atoms with Gasteiger partial charge < -0.3 is 14.7 Å². The molecule has 1 aromatic heterocycles. The van der Waals surface area contributed by atoms with Crippen LogP contribution in [0.25, 0.3) is 11.3 Å². The van der Waals surface area contributed by atoms with Crippen LogP contribution < -0.4 is 4.74 Å². The van der Waals surface area contributed by atoms with Crippen molar-refractivity contribution in [2.45, 2.75) is 32.8 Å². The molecule has 1 fully saturated rings. The number of ether oxygens (including phenoxy) is 1. The van der Waals surface area contributed by atoms with Gasteiger partial charge in [-0.2, -0.15) is 0 Å². The number of likely N-dealkylation sites (N-methyl/N-ethyl adjacent to an activating group) is 1. The van der Waals surface area contributed by atoms with E-state index >= 15 is 0 Å². The second kappa shape index (κ2) is 6.54. The Labute approximate surface area is 136 Å². The van der Waals surface area contributed by atoms with E-state index in [0.29, 0.717) is 17.1 Å². The highest BCUT2D eigenvalue weighted by molar-refractivity contribution is 5.67. The molecule has 5 nitrogen and oxygen atoms in total. The van der Waals surface area contributed by atoms with Gasteiger partial charge in [0, 0.05) is 17.7 Å². The molecule has 23 heavy (non-hydrogen) atoms. The summed E-state index contributed by atoms with van der Waals surface area (Å²) in [6, 6.07) is 7.47. The van der Waals surface area contributed by atoms with Crippen molar-refractivity contribution in [2.75, 3.05) is 20.1 Å². The number of aryl methyl sites for hydroxylation is 2. The topological polar surface area (TPSA) is 58.5 Å². The van der Waals surface area contributed by atoms with Gasteiger partial charge in [0.1, 0.15) is 11.9 Å². The number of phenolic OH excluding ortho intramolecular Hbond substituents is 1. The number of aromatic nitrogens is 2. The first-order valence-electron chi connectivity index (χ1n) is 8.02. The SMILES string of the molecule is Cc1ccc(-c2cc(C)c(O[C@@H]3CCCN(C)C3)nn2)c(O)c1. The average molecular weight is 313 g/mol. The van der Waals surface area contributed by atoms with E-state index in [9.17, 15) is 5.11 Å². The van der Waals surface area contributed by atoms with Crippen LogP contribution in [-0.2, 0) is 0 Å². The number of likely N-dealkylation sites (tertiary alicyclic amines) is 1. The molecule has 2 heterocycles. The molecule has 0 spiro atoms. The minimum Gasteiger partial charge on any atom is -0.507 e. The van der Waals surface area contributed by atoms with Crippen LogP contribution >= 0.6 is 0 Å². The maximum Gasteiger partial charge on any atom is 0.236 e. The molecule has 0 amide bonds. The second-order valence-corrected chi connectivity index (χ2v) is 6.38. The van der Waals surface area contributed by atoms with Gasteiger partial charge in [-0.25, -0.2) is 0 Å². The zero-order valence-corrected chi connectivity index (χ0v) is 13.9. The summed E-state index contributed by atoms with van der Waals surface area (Å²) < 4.78 is 6.02. The molecule has 1 aliphatic rings. The quantitative estimate of drug-likeness (QED) is 0.944. The van der Waals surface area contributed by atoms with Crippen LogP contribution in [0.2, 0.25) is 0 Å². The zero-order chi connectivity index (χ0) is 16.4. The van der Waals surface area contributed by atoms with Crippen LogP contribution in [-0.4, -0.2) is 46.4 Å². The van der Waals surface area contributed by atoms with E-state index in [2.05, 4.69) is 22.1 Å². The van der Waals surface area contributed by atoms with Gasteiger partial charge >= 0.3 is 0 Å². The first kappa shape index (κ1) is 15.7. The molecular formula is C18H23N3O2. The Hall–Kier alpha value is -2.14. The minimum atomic E-state index is 0.167. The number of hydrogen-bond donors (Lipinski definition) is 1. The number of hydrogen-bond acceptors (Lipinski definition) is 5. The molecular weight excluding hydrogens is 290 g/mol. The lowest BCUT2D eigenvalue weighted by molar-refractivity contribution is 0.0984. The fraction of sp³-hybridized carbons (Fsp3) is 0.444. The lowest BCUT2D eigenvalue weighted by atomic mass is 10.1. The molecule has 2 aromatic rings. The molecule has 0 unspecified atom stereocenters. The van der Waals surface area contributed by atoms with Crippen LogP contribution in [0, 0.1) is 13.8 Å². The van der Waals surface area contributed by atoms with E-state index in [-0.39, 0.29) is 11.9 Å². The number of piperidine rings is 1. The summed E-state index contributed by atoms with van der Waals surface area (Å²) >= 11 is 0. The highest BCUT2D eigenvalue weighted by atomic mass is 16.5. The summed E-state index contributed by atoms with van der Waals surface area (Å²) in [4.78, 5) is 2.27. The Morgan fingerprint density at radius 1 is 1.22 bits per heavy atom. The maximum atomic E-state index is 10.1. The maximum absolute atomic E-state index is 10.1. The van der Waals surface area contributed by atoms with Gasteiger partial charge in [0.2, 0.25) is 5.88 Å². The van der Waals surface area contributed by atoms with Gasteiger partial charge in [0.15, 0.2) is 0 Å². The van der Waals surface area contributed by atoms with Gasteiger partial charge in [-0.15, -0.1) is 10.2 Å². The van der Waals surface area contributed by atoms with Crippen molar-refractivity contribution in [1.29, 1.82) is 0 Å². The molecule has 5 heteroatoms. The van der Waals surface area contributed by atoms with Crippen molar-refractivity contribution in [3.8, 4) is 22.9 Å². The summed E-state index contributed by atoms with van der Waals surface area (Å²) in [5, 5.41) is 18.6. The third-order valence-electron chi connectivity index (χ3n) is 4.23. The van der Waals surface area contributed by atoms with Gasteiger partial charge in [0.05, 0.1) is 5.69 Å². The zero-order valence-electron chi connectivity index (χ0n) is 13.9. The third kappa shape index (κ3) is 3.62. The minimum absolute atomic E-state index is 0.167. The summed E-state index contributed by atoms with van der Waals surface area (Å²) in [7, 11) is 2.11. The van der Waals surface area contributed by atoms with E-state index in [1.165, 1.54) is 0 Å². The van der Waals surface area contributed by atoms with E-state index in [1.807, 2.05) is 32.0 Å². The number of benzene rings is 1. The molecule has 0 aliphatic carbocycles. The predicted octanol–water partition coefficient (Wildman–Crippen LogP) is 2.94. The smallest absolute Gasteiger partial charge is 0.236 e. The first-order chi connectivity index (χ1) is 11.0. The van der Waals surface area contributed by atoms with Crippen molar-refractivity contribution in [3.63, 3.8) is 0 Å². The third-order valence-corrected chi connectivity index (χ3v) is 4.23. The molecule has 1 saturated heterocycles. The molecule has 1 atom stereocenters. The molecule has 3 rings (SSSR count). The molecule has 0 bridgehead atoms. The van der Waals surface area contributed by atoms with E-state index in [4.69, 9.17) is 4.74 Å². The number of phenols is 1. The Morgan fingerprint density at radius 2 is 2.04 bits per heavy atom. The van der Waals surface area contributed by atoms with Crippen LogP contribution in [0.1, 0.15) is 24.0 Å². The lowest BCUT2D eigenvalue weighted by Crippen LogP contribution is -2.38. The monoisotopic (exact) mass is 313 g/mol. The van der Waals surface area contributed by atoms with Crippen LogP contribution in [0.15, 0.2) is 24.3 Å². The summed E-state index contributed by atoms with van der Waals surface area (Å²) in [5.74, 6) is 0.807. The van der Waals surface area contributed by atoms with Crippen molar-refractivity contribution < 1.29 is 9.84 Å². The highest BCUT2D eigenvalue weighted by Gasteiger charge is 2.20. The van der Waals surface area contributed by atoms with Gasteiger partial charge in [-0.05, 0) is 64.0 Å². The molecule has 1 aromatic carbocycles. The van der Waals surface area contributed by atoms with E-state index < -0.39 is 0 Å². The fourth-order valence-corrected chi connectivity index (χ4v) is 2.95. The number of rotatable bonds is 3. The van der Waals surface area contributed by atoms with E-state index in [0.717, 1.165) is 37.1 Å². The Kier molecular flexibility index (Phi) is 4.48. The van der Waals surface area contributed by atoms with Crippen molar-refractivity contribution in [2.24, 2.45) is 0 Å². The predicted molar refractivity (Wildman–Crippen MR) is 89.8 cm³/mol. The lowest BCUT2D eigenvalue weighted by Gasteiger charge is -2.29. The number of nitrogens with zero attached hydrogens (tertiary/aromatic N) is 3. The fourth-order valence-electron chi connectivity index (χ4n) is 2.95. The molecule has 0 saturated carbocycles. The number of aromatic hydroxyl groups is 1. The average Bonchev–Trinajstić information content (AvgIpc) is 2.49. The van der Waals surface area contributed by atoms with Gasteiger partial charge in [-0.3, -0.25) is 0 Å². The highest BCUT2D eigenvalue weighted by Crippen LogP contribution is 2.30. The summed E-state index contributed by atoms with van der Waals surface area (Å²) in [6.07, 6.45) is 2.36. The van der Waals surface area contributed by atoms with Gasteiger partial charge in [0.25, 0.3) is 0 Å². The molecule has 1 N–H and O–H groups in total. The molecule has 0 radical (unpaired) electrons. The molecule has 122 valence electrons. The summed E-state index contributed by atoms with van der Waals surface area (Å²) in [6.45, 7) is 5.95. The van der Waals surface area contributed by atoms with E-state index in [1.54, 1.807) is 6.07 Å². The standard InChI is InChI=1S/C18H23N3O2/c1-12-6-7-15(17(22)9-12)16-10-13(2)18(20-19-16)23-14-5-4-8-21(3)11-14/h6-7,9-10,14,22H,4-5,8,11H2,1-3H3/t14-/m1/s1. The Bertz CT molecular complexity index is 703. The Balaban J connectivity index is 1.80. The second-order valence-electron chi connectivity index (χ2n) is 6.38. The Morgan fingerprint density at radius 3 is 2.74 bits per heavy atom. The van der Waals surface area contributed by atoms with Crippen molar-refractivity contribution >= 4 is 0 Å². The van der Waals surface area contributed by atoms with Crippen LogP contribution in [0.5, 0.6) is 11.6 Å². The van der Waals surface area contributed by atoms with Crippen molar-refractivity contribution in [3.05, 3.63) is 35.4 Å². The van der Waals surface area contributed by atoms with Crippen molar-refractivity contribution in [1.82, 2.24) is 15.1 Å². The first-order valence-corrected chi connectivity index (χ1v) is 8.02.